The molecule has 15 heavy (non-hydrogen) atoms. The summed E-state index contributed by atoms with van der Waals surface area (Å²) in [5.41, 5.74) is 5.54. The first kappa shape index (κ1) is 11.7. The van der Waals surface area contributed by atoms with Gasteiger partial charge in [-0.3, -0.25) is 4.79 Å². The summed E-state index contributed by atoms with van der Waals surface area (Å²) >= 11 is 0. The number of aromatic amines is 1. The number of H-pyrrole nitrogens is 1. The van der Waals surface area contributed by atoms with Gasteiger partial charge in [0, 0.05) is 18.2 Å². The number of hydrogen-bond acceptors (Lipinski definition) is 4. The third-order valence-electron chi connectivity index (χ3n) is 1.98. The van der Waals surface area contributed by atoms with E-state index < -0.39 is 0 Å². The van der Waals surface area contributed by atoms with Crippen LogP contribution in [0.5, 0.6) is 0 Å². The summed E-state index contributed by atoms with van der Waals surface area (Å²) in [4.78, 5) is 17.9. The van der Waals surface area contributed by atoms with Crippen LogP contribution in [0.4, 0.5) is 5.82 Å². The zero-order valence-electron chi connectivity index (χ0n) is 9.37. The Kier molecular flexibility index (Phi) is 3.85. The molecule has 0 spiro atoms. The van der Waals surface area contributed by atoms with Gasteiger partial charge in [0.05, 0.1) is 0 Å². The van der Waals surface area contributed by atoms with Gasteiger partial charge >= 0.3 is 0 Å². The van der Waals surface area contributed by atoms with E-state index in [0.29, 0.717) is 11.6 Å². The molecule has 0 radical (unpaired) electrons. The van der Waals surface area contributed by atoms with Crippen LogP contribution in [-0.2, 0) is 0 Å². The van der Waals surface area contributed by atoms with E-state index in [9.17, 15) is 4.79 Å². The molecular weight excluding hydrogens is 192 g/mol. The van der Waals surface area contributed by atoms with Crippen molar-refractivity contribution >= 4 is 5.82 Å². The normalized spacial score (nSPS) is 14.7. The molecule has 0 aliphatic heterocycles. The van der Waals surface area contributed by atoms with E-state index in [-0.39, 0.29) is 17.6 Å². The first-order chi connectivity index (χ1) is 6.97. The van der Waals surface area contributed by atoms with Crippen molar-refractivity contribution < 1.29 is 0 Å². The number of nitrogens with two attached hydrogens (primary N) is 1. The van der Waals surface area contributed by atoms with Gasteiger partial charge in [-0.1, -0.05) is 0 Å². The van der Waals surface area contributed by atoms with Crippen molar-refractivity contribution in [2.45, 2.75) is 39.3 Å². The van der Waals surface area contributed by atoms with Crippen molar-refractivity contribution in [3.8, 4) is 0 Å². The number of nitrogens with zero attached hydrogens (tertiary/aromatic N) is 1. The second-order valence-electron chi connectivity index (χ2n) is 3.97. The standard InChI is InChI=1S/C10H18N4O/c1-6(11)4-7(2)12-9-5-10(15)14-8(3)13-9/h5-7H,4,11H2,1-3H3,(H2,12,13,14,15). The number of anilines is 1. The Bertz CT molecular complexity index is 372. The van der Waals surface area contributed by atoms with Crippen LogP contribution >= 0.6 is 0 Å². The average Bonchev–Trinajstić information content (AvgIpc) is 1.98. The Morgan fingerprint density at radius 1 is 1.60 bits per heavy atom. The lowest BCUT2D eigenvalue weighted by atomic mass is 10.1. The fourth-order valence-electron chi connectivity index (χ4n) is 1.52. The largest absolute Gasteiger partial charge is 0.367 e. The Labute approximate surface area is 89.1 Å². The highest BCUT2D eigenvalue weighted by molar-refractivity contribution is 5.33. The summed E-state index contributed by atoms with van der Waals surface area (Å²) in [6.07, 6.45) is 0.841. The van der Waals surface area contributed by atoms with Crippen LogP contribution < -0.4 is 16.6 Å². The molecule has 1 rings (SSSR count). The van der Waals surface area contributed by atoms with Crippen LogP contribution in [0.3, 0.4) is 0 Å². The van der Waals surface area contributed by atoms with Gasteiger partial charge in [0.1, 0.15) is 11.6 Å². The zero-order valence-corrected chi connectivity index (χ0v) is 9.37. The Morgan fingerprint density at radius 3 is 2.80 bits per heavy atom. The van der Waals surface area contributed by atoms with Gasteiger partial charge in [0.2, 0.25) is 0 Å². The van der Waals surface area contributed by atoms with E-state index in [1.807, 2.05) is 13.8 Å². The van der Waals surface area contributed by atoms with Gasteiger partial charge in [0.25, 0.3) is 5.56 Å². The third-order valence-corrected chi connectivity index (χ3v) is 1.98. The highest BCUT2D eigenvalue weighted by Gasteiger charge is 2.06. The van der Waals surface area contributed by atoms with Crippen LogP contribution in [0, 0.1) is 6.92 Å². The summed E-state index contributed by atoms with van der Waals surface area (Å²) < 4.78 is 0. The number of hydrogen-bond donors (Lipinski definition) is 3. The first-order valence-electron chi connectivity index (χ1n) is 5.07. The molecule has 5 heteroatoms. The Morgan fingerprint density at radius 2 is 2.27 bits per heavy atom. The quantitative estimate of drug-likeness (QED) is 0.680. The molecule has 1 heterocycles. The van der Waals surface area contributed by atoms with Gasteiger partial charge in [-0.05, 0) is 27.2 Å². The second kappa shape index (κ2) is 4.93. The minimum Gasteiger partial charge on any atom is -0.367 e. The van der Waals surface area contributed by atoms with Crippen LogP contribution in [0.25, 0.3) is 0 Å². The maximum atomic E-state index is 11.2. The molecular formula is C10H18N4O. The summed E-state index contributed by atoms with van der Waals surface area (Å²) in [7, 11) is 0. The summed E-state index contributed by atoms with van der Waals surface area (Å²) in [5, 5.41) is 3.14. The van der Waals surface area contributed by atoms with Crippen molar-refractivity contribution in [2.24, 2.45) is 5.73 Å². The van der Waals surface area contributed by atoms with Crippen molar-refractivity contribution in [3.63, 3.8) is 0 Å². The smallest absolute Gasteiger partial charge is 0.252 e. The van der Waals surface area contributed by atoms with Crippen molar-refractivity contribution in [1.29, 1.82) is 0 Å². The Balaban J connectivity index is 2.68. The average molecular weight is 210 g/mol. The molecule has 0 aliphatic rings. The zero-order chi connectivity index (χ0) is 11.4. The fourth-order valence-corrected chi connectivity index (χ4v) is 1.52. The van der Waals surface area contributed by atoms with Crippen molar-refractivity contribution in [2.75, 3.05) is 5.32 Å². The van der Waals surface area contributed by atoms with Gasteiger partial charge in [0.15, 0.2) is 0 Å². The van der Waals surface area contributed by atoms with E-state index >= 15 is 0 Å². The predicted molar refractivity (Wildman–Crippen MR) is 60.9 cm³/mol. The highest BCUT2D eigenvalue weighted by Crippen LogP contribution is 2.04. The van der Waals surface area contributed by atoms with Crippen LogP contribution in [-0.4, -0.2) is 22.1 Å². The fraction of sp³-hybridized carbons (Fsp3) is 0.600. The van der Waals surface area contributed by atoms with E-state index in [2.05, 4.69) is 15.3 Å². The number of rotatable bonds is 4. The number of aryl methyl sites for hydroxylation is 1. The lowest BCUT2D eigenvalue weighted by Crippen LogP contribution is -2.27. The van der Waals surface area contributed by atoms with Crippen LogP contribution in [0.1, 0.15) is 26.1 Å². The molecule has 2 unspecified atom stereocenters. The third kappa shape index (κ3) is 4.12. The van der Waals surface area contributed by atoms with Gasteiger partial charge in [-0.25, -0.2) is 4.98 Å². The van der Waals surface area contributed by atoms with E-state index in [1.54, 1.807) is 6.92 Å². The van der Waals surface area contributed by atoms with E-state index in [4.69, 9.17) is 5.73 Å². The molecule has 5 nitrogen and oxygen atoms in total. The van der Waals surface area contributed by atoms with E-state index in [0.717, 1.165) is 6.42 Å². The first-order valence-corrected chi connectivity index (χ1v) is 5.07. The second-order valence-corrected chi connectivity index (χ2v) is 3.97. The molecule has 1 aromatic heterocycles. The minimum absolute atomic E-state index is 0.135. The molecule has 0 fully saturated rings. The molecule has 0 aliphatic carbocycles. The maximum absolute atomic E-state index is 11.2. The monoisotopic (exact) mass is 210 g/mol. The molecule has 84 valence electrons. The molecule has 0 saturated carbocycles. The number of aromatic nitrogens is 2. The predicted octanol–water partition coefficient (Wildman–Crippen LogP) is 0.616. The van der Waals surface area contributed by atoms with Crippen LogP contribution in [0.15, 0.2) is 10.9 Å². The van der Waals surface area contributed by atoms with Gasteiger partial charge in [-0.15, -0.1) is 0 Å². The van der Waals surface area contributed by atoms with Crippen molar-refractivity contribution in [1.82, 2.24) is 9.97 Å². The maximum Gasteiger partial charge on any atom is 0.252 e. The number of nitrogens with one attached hydrogen (secondary N) is 2. The molecule has 0 saturated heterocycles. The summed E-state index contributed by atoms with van der Waals surface area (Å²) in [5.74, 6) is 1.21. The summed E-state index contributed by atoms with van der Waals surface area (Å²) in [6, 6.07) is 1.79. The Hall–Kier alpha value is -1.36. The molecule has 0 bridgehead atoms. The lowest BCUT2D eigenvalue weighted by molar-refractivity contribution is 0.603. The van der Waals surface area contributed by atoms with Gasteiger partial charge < -0.3 is 16.0 Å². The van der Waals surface area contributed by atoms with Gasteiger partial charge in [-0.2, -0.15) is 0 Å². The summed E-state index contributed by atoms with van der Waals surface area (Å²) in [6.45, 7) is 5.72. The van der Waals surface area contributed by atoms with Crippen LogP contribution in [0.2, 0.25) is 0 Å². The highest BCUT2D eigenvalue weighted by atomic mass is 16.1. The SMILES string of the molecule is Cc1nc(NC(C)CC(C)N)cc(=O)[nH]1. The molecule has 4 N–H and O–H groups in total. The minimum atomic E-state index is -0.141. The molecule has 2 atom stereocenters. The molecule has 0 aromatic carbocycles. The van der Waals surface area contributed by atoms with Crippen molar-refractivity contribution in [3.05, 3.63) is 22.2 Å². The molecule has 1 aromatic rings. The lowest BCUT2D eigenvalue weighted by Gasteiger charge is -2.16. The van der Waals surface area contributed by atoms with E-state index in [1.165, 1.54) is 6.07 Å². The topological polar surface area (TPSA) is 83.8 Å². The molecule has 0 amide bonds.